The van der Waals surface area contributed by atoms with Gasteiger partial charge in [0.1, 0.15) is 23.2 Å². The lowest BCUT2D eigenvalue weighted by Gasteiger charge is -2.06. The number of furan rings is 1. The van der Waals surface area contributed by atoms with Crippen LogP contribution in [0.25, 0.3) is 0 Å². The normalized spacial score (nSPS) is 10.3. The van der Waals surface area contributed by atoms with E-state index >= 15 is 0 Å². The fraction of sp³-hybridized carbons (Fsp3) is 0.273. The molecule has 5 nitrogen and oxygen atoms in total. The number of hydrogen-bond acceptors (Lipinski definition) is 5. The second-order valence-corrected chi connectivity index (χ2v) is 3.38. The summed E-state index contributed by atoms with van der Waals surface area (Å²) in [5.74, 6) is 2.80. The maximum absolute atomic E-state index is 5.67. The Bertz CT molecular complexity index is 453. The van der Waals surface area contributed by atoms with E-state index in [9.17, 15) is 0 Å². The summed E-state index contributed by atoms with van der Waals surface area (Å²) in [6.45, 7) is 2.58. The molecule has 0 fully saturated rings. The van der Waals surface area contributed by atoms with Gasteiger partial charge in [-0.1, -0.05) is 6.92 Å². The fourth-order valence-corrected chi connectivity index (χ4v) is 1.36. The molecule has 2 aromatic rings. The highest BCUT2D eigenvalue weighted by Crippen LogP contribution is 2.10. The Morgan fingerprint density at radius 1 is 1.44 bits per heavy atom. The number of hydrogen-bond donors (Lipinski definition) is 2. The molecule has 16 heavy (non-hydrogen) atoms. The first-order valence-electron chi connectivity index (χ1n) is 5.17. The molecule has 2 aromatic heterocycles. The molecule has 0 saturated carbocycles. The van der Waals surface area contributed by atoms with Crippen LogP contribution in [0, 0.1) is 0 Å². The van der Waals surface area contributed by atoms with Gasteiger partial charge in [-0.15, -0.1) is 0 Å². The predicted molar refractivity (Wildman–Crippen MR) is 61.9 cm³/mol. The lowest BCUT2D eigenvalue weighted by atomic mass is 10.4. The van der Waals surface area contributed by atoms with E-state index < -0.39 is 0 Å². The Morgan fingerprint density at radius 3 is 3.00 bits per heavy atom. The molecule has 0 amide bonds. The molecular weight excluding hydrogens is 204 g/mol. The van der Waals surface area contributed by atoms with Gasteiger partial charge >= 0.3 is 0 Å². The molecular formula is C11H14N4O. The minimum absolute atomic E-state index is 0.480. The number of nitrogens with zero attached hydrogens (tertiary/aromatic N) is 2. The van der Waals surface area contributed by atoms with Crippen LogP contribution in [0.2, 0.25) is 0 Å². The minimum Gasteiger partial charge on any atom is -0.467 e. The van der Waals surface area contributed by atoms with Crippen LogP contribution < -0.4 is 11.1 Å². The molecule has 0 aliphatic rings. The lowest BCUT2D eigenvalue weighted by molar-refractivity contribution is 0.517. The molecule has 0 saturated heterocycles. The van der Waals surface area contributed by atoms with E-state index in [0.717, 1.165) is 23.8 Å². The maximum atomic E-state index is 5.67. The second-order valence-electron chi connectivity index (χ2n) is 3.38. The molecule has 2 heterocycles. The number of nitrogens with one attached hydrogen (secondary N) is 1. The summed E-state index contributed by atoms with van der Waals surface area (Å²) in [6.07, 6.45) is 2.41. The molecule has 0 aromatic carbocycles. The predicted octanol–water partition coefficient (Wildman–Crippen LogP) is 1.83. The van der Waals surface area contributed by atoms with Crippen LogP contribution in [0.15, 0.2) is 28.9 Å². The Kier molecular flexibility index (Phi) is 3.05. The van der Waals surface area contributed by atoms with E-state index in [0.29, 0.717) is 12.4 Å². The fourth-order valence-electron chi connectivity index (χ4n) is 1.36. The molecule has 84 valence electrons. The topological polar surface area (TPSA) is 77.0 Å². The molecule has 0 atom stereocenters. The average Bonchev–Trinajstić information content (AvgIpc) is 2.78. The Labute approximate surface area is 93.7 Å². The Hall–Kier alpha value is -2.04. The van der Waals surface area contributed by atoms with E-state index in [-0.39, 0.29) is 0 Å². The third kappa shape index (κ3) is 2.50. The standard InChI is InChI=1S/C11H14N4O/c1-2-10-14-9(12)6-11(15-10)13-7-8-4-3-5-16-8/h3-6H,2,7H2,1H3,(H3,12,13,14,15). The van der Waals surface area contributed by atoms with Crippen molar-refractivity contribution in [3.05, 3.63) is 36.0 Å². The summed E-state index contributed by atoms with van der Waals surface area (Å²) >= 11 is 0. The molecule has 5 heteroatoms. The number of aryl methyl sites for hydroxylation is 1. The highest BCUT2D eigenvalue weighted by Gasteiger charge is 2.01. The molecule has 2 rings (SSSR count). The maximum Gasteiger partial charge on any atom is 0.132 e. The molecule has 0 unspecified atom stereocenters. The van der Waals surface area contributed by atoms with Crippen LogP contribution in [0.3, 0.4) is 0 Å². The SMILES string of the molecule is CCc1nc(N)cc(NCc2ccco2)n1. The van der Waals surface area contributed by atoms with Crippen molar-refractivity contribution in [3.8, 4) is 0 Å². The van der Waals surface area contributed by atoms with Crippen molar-refractivity contribution in [2.45, 2.75) is 19.9 Å². The summed E-state index contributed by atoms with van der Waals surface area (Å²) in [4.78, 5) is 8.41. The Morgan fingerprint density at radius 2 is 2.31 bits per heavy atom. The zero-order valence-electron chi connectivity index (χ0n) is 9.10. The van der Waals surface area contributed by atoms with Crippen molar-refractivity contribution >= 4 is 11.6 Å². The molecule has 0 bridgehead atoms. The van der Waals surface area contributed by atoms with Crippen LogP contribution in [0.5, 0.6) is 0 Å². The molecule has 0 aliphatic carbocycles. The molecule has 0 spiro atoms. The van der Waals surface area contributed by atoms with Gasteiger partial charge in [0.2, 0.25) is 0 Å². The van der Waals surface area contributed by atoms with E-state index in [1.165, 1.54) is 0 Å². The zero-order chi connectivity index (χ0) is 11.4. The van der Waals surface area contributed by atoms with Crippen LogP contribution in [0.1, 0.15) is 18.5 Å². The van der Waals surface area contributed by atoms with Gasteiger partial charge in [-0.05, 0) is 12.1 Å². The van der Waals surface area contributed by atoms with Crippen molar-refractivity contribution in [1.82, 2.24) is 9.97 Å². The number of nitrogen functional groups attached to an aromatic ring is 1. The van der Waals surface area contributed by atoms with Gasteiger partial charge in [0.05, 0.1) is 12.8 Å². The van der Waals surface area contributed by atoms with Crippen molar-refractivity contribution in [2.75, 3.05) is 11.1 Å². The zero-order valence-corrected chi connectivity index (χ0v) is 9.10. The molecule has 0 radical (unpaired) electrons. The van der Waals surface area contributed by atoms with Gasteiger partial charge in [0, 0.05) is 12.5 Å². The smallest absolute Gasteiger partial charge is 0.132 e. The van der Waals surface area contributed by atoms with E-state index in [2.05, 4.69) is 15.3 Å². The van der Waals surface area contributed by atoms with Crippen molar-refractivity contribution in [2.24, 2.45) is 0 Å². The van der Waals surface area contributed by atoms with Crippen LogP contribution in [0.4, 0.5) is 11.6 Å². The number of rotatable bonds is 4. The quantitative estimate of drug-likeness (QED) is 0.818. The first-order chi connectivity index (χ1) is 7.78. The van der Waals surface area contributed by atoms with Crippen LogP contribution >= 0.6 is 0 Å². The number of nitrogens with two attached hydrogens (primary N) is 1. The van der Waals surface area contributed by atoms with E-state index in [1.807, 2.05) is 19.1 Å². The van der Waals surface area contributed by atoms with Crippen molar-refractivity contribution in [1.29, 1.82) is 0 Å². The van der Waals surface area contributed by atoms with Crippen molar-refractivity contribution < 1.29 is 4.42 Å². The van der Waals surface area contributed by atoms with E-state index in [4.69, 9.17) is 10.2 Å². The molecule has 3 N–H and O–H groups in total. The first kappa shape index (κ1) is 10.5. The summed E-state index contributed by atoms with van der Waals surface area (Å²) < 4.78 is 5.20. The summed E-state index contributed by atoms with van der Waals surface area (Å²) in [6, 6.07) is 5.46. The highest BCUT2D eigenvalue weighted by atomic mass is 16.3. The minimum atomic E-state index is 0.480. The van der Waals surface area contributed by atoms with Gasteiger partial charge in [0.25, 0.3) is 0 Å². The van der Waals surface area contributed by atoms with Crippen LogP contribution in [-0.2, 0) is 13.0 Å². The first-order valence-corrected chi connectivity index (χ1v) is 5.17. The largest absolute Gasteiger partial charge is 0.467 e. The average molecular weight is 218 g/mol. The summed E-state index contributed by atoms with van der Waals surface area (Å²) in [7, 11) is 0. The summed E-state index contributed by atoms with van der Waals surface area (Å²) in [5, 5.41) is 3.14. The number of anilines is 2. The number of aromatic nitrogens is 2. The highest BCUT2D eigenvalue weighted by molar-refractivity contribution is 5.44. The van der Waals surface area contributed by atoms with Crippen molar-refractivity contribution in [3.63, 3.8) is 0 Å². The van der Waals surface area contributed by atoms with Crippen LogP contribution in [-0.4, -0.2) is 9.97 Å². The van der Waals surface area contributed by atoms with E-state index in [1.54, 1.807) is 12.3 Å². The van der Waals surface area contributed by atoms with Gasteiger partial charge in [-0.2, -0.15) is 0 Å². The Balaban J connectivity index is 2.06. The third-order valence-corrected chi connectivity index (χ3v) is 2.13. The summed E-state index contributed by atoms with van der Waals surface area (Å²) in [5.41, 5.74) is 5.67. The second kappa shape index (κ2) is 4.65. The molecule has 0 aliphatic heterocycles. The van der Waals surface area contributed by atoms with Gasteiger partial charge in [-0.25, -0.2) is 9.97 Å². The van der Waals surface area contributed by atoms with Gasteiger partial charge in [0.15, 0.2) is 0 Å². The van der Waals surface area contributed by atoms with Gasteiger partial charge < -0.3 is 15.5 Å². The third-order valence-electron chi connectivity index (χ3n) is 2.13. The monoisotopic (exact) mass is 218 g/mol. The van der Waals surface area contributed by atoms with Gasteiger partial charge in [-0.3, -0.25) is 0 Å². The lowest BCUT2D eigenvalue weighted by Crippen LogP contribution is -2.05.